The molecule has 0 atom stereocenters. The van der Waals surface area contributed by atoms with Gasteiger partial charge in [-0.1, -0.05) is 33.2 Å². The largest absolute Gasteiger partial charge is 0.361 e. The highest BCUT2D eigenvalue weighted by Crippen LogP contribution is 2.16. The molecule has 112 valence electrons. The Morgan fingerprint density at radius 3 is 2.52 bits per heavy atom. The van der Waals surface area contributed by atoms with Crippen molar-refractivity contribution < 1.29 is 9.32 Å². The zero-order chi connectivity index (χ0) is 15.4. The highest BCUT2D eigenvalue weighted by Gasteiger charge is 2.14. The Labute approximate surface area is 133 Å². The van der Waals surface area contributed by atoms with Crippen LogP contribution in [0, 0.1) is 13.8 Å². The van der Waals surface area contributed by atoms with E-state index < -0.39 is 0 Å². The number of halogens is 1. The molecule has 0 fully saturated rings. The number of rotatable bonds is 5. The van der Waals surface area contributed by atoms with Crippen molar-refractivity contribution in [2.24, 2.45) is 0 Å². The summed E-state index contributed by atoms with van der Waals surface area (Å²) in [5, 5.41) is 3.91. The number of hydrogen-bond acceptors (Lipinski definition) is 3. The van der Waals surface area contributed by atoms with Crippen LogP contribution in [0.5, 0.6) is 0 Å². The predicted octanol–water partition coefficient (Wildman–Crippen LogP) is 3.65. The maximum atomic E-state index is 12.2. The second-order valence-corrected chi connectivity index (χ2v) is 6.09. The number of aryl methyl sites for hydroxylation is 2. The Hall–Kier alpha value is -1.62. The smallest absolute Gasteiger partial charge is 0.222 e. The van der Waals surface area contributed by atoms with Crippen LogP contribution < -0.4 is 0 Å². The zero-order valence-electron chi connectivity index (χ0n) is 12.5. The van der Waals surface area contributed by atoms with E-state index in [2.05, 4.69) is 21.1 Å². The van der Waals surface area contributed by atoms with Gasteiger partial charge in [-0.25, -0.2) is 0 Å². The van der Waals surface area contributed by atoms with Gasteiger partial charge in [-0.15, -0.1) is 0 Å². The molecule has 1 aromatic heterocycles. The third-order valence-electron chi connectivity index (χ3n) is 3.53. The molecule has 5 heteroatoms. The van der Waals surface area contributed by atoms with Crippen molar-refractivity contribution in [1.82, 2.24) is 10.1 Å². The number of benzene rings is 1. The summed E-state index contributed by atoms with van der Waals surface area (Å²) in [6.45, 7) is 4.40. The topological polar surface area (TPSA) is 46.3 Å². The molecule has 2 rings (SSSR count). The van der Waals surface area contributed by atoms with E-state index in [9.17, 15) is 4.79 Å². The van der Waals surface area contributed by atoms with E-state index in [4.69, 9.17) is 4.52 Å². The molecule has 4 nitrogen and oxygen atoms in total. The van der Waals surface area contributed by atoms with Crippen molar-refractivity contribution in [1.29, 1.82) is 0 Å². The van der Waals surface area contributed by atoms with Crippen molar-refractivity contribution in [2.75, 3.05) is 7.05 Å². The average molecular weight is 351 g/mol. The molecular weight excluding hydrogens is 332 g/mol. The lowest BCUT2D eigenvalue weighted by atomic mass is 10.1. The van der Waals surface area contributed by atoms with Crippen LogP contribution in [0.3, 0.4) is 0 Å². The number of nitrogens with zero attached hydrogens (tertiary/aromatic N) is 2. The molecule has 1 amide bonds. The highest BCUT2D eigenvalue weighted by molar-refractivity contribution is 9.10. The maximum absolute atomic E-state index is 12.2. The first-order valence-corrected chi connectivity index (χ1v) is 7.67. The Morgan fingerprint density at radius 1 is 1.29 bits per heavy atom. The highest BCUT2D eigenvalue weighted by atomic mass is 79.9. The molecule has 21 heavy (non-hydrogen) atoms. The average Bonchev–Trinajstić information content (AvgIpc) is 2.78. The summed E-state index contributed by atoms with van der Waals surface area (Å²) in [4.78, 5) is 13.9. The summed E-state index contributed by atoms with van der Waals surface area (Å²) in [6, 6.07) is 8.00. The Bertz CT molecular complexity index is 600. The van der Waals surface area contributed by atoms with Crippen LogP contribution in [0.2, 0.25) is 0 Å². The summed E-state index contributed by atoms with van der Waals surface area (Å²) >= 11 is 3.41. The molecular formula is C16H19BrN2O2. The van der Waals surface area contributed by atoms with Crippen LogP contribution in [0.15, 0.2) is 33.3 Å². The van der Waals surface area contributed by atoms with Gasteiger partial charge in [0.15, 0.2) is 0 Å². The molecule has 0 N–H and O–H groups in total. The van der Waals surface area contributed by atoms with Crippen LogP contribution in [0.4, 0.5) is 0 Å². The van der Waals surface area contributed by atoms with E-state index in [1.807, 2.05) is 45.2 Å². The first-order chi connectivity index (χ1) is 9.97. The van der Waals surface area contributed by atoms with Crippen LogP contribution in [0.1, 0.15) is 29.0 Å². The first-order valence-electron chi connectivity index (χ1n) is 6.87. The molecule has 0 aliphatic rings. The van der Waals surface area contributed by atoms with Gasteiger partial charge >= 0.3 is 0 Å². The fourth-order valence-corrected chi connectivity index (χ4v) is 2.50. The van der Waals surface area contributed by atoms with E-state index in [1.165, 1.54) is 0 Å². The Kier molecular flexibility index (Phi) is 5.17. The summed E-state index contributed by atoms with van der Waals surface area (Å²) < 4.78 is 6.16. The molecule has 0 spiro atoms. The lowest BCUT2D eigenvalue weighted by molar-refractivity contribution is -0.130. The molecule has 0 saturated carbocycles. The third-order valence-corrected chi connectivity index (χ3v) is 4.06. The standard InChI is InChI=1S/C16H19BrN2O2/c1-11-15(12(2)21-18-11)8-9-16(20)19(3)10-13-4-6-14(17)7-5-13/h4-7H,8-10H2,1-3H3. The SMILES string of the molecule is Cc1noc(C)c1CCC(=O)N(C)Cc1ccc(Br)cc1. The quantitative estimate of drug-likeness (QED) is 0.826. The molecule has 0 aliphatic heterocycles. The normalized spacial score (nSPS) is 10.7. The lowest BCUT2D eigenvalue weighted by Gasteiger charge is -2.17. The molecule has 1 aromatic carbocycles. The van der Waals surface area contributed by atoms with E-state index in [0.717, 1.165) is 27.1 Å². The molecule has 0 bridgehead atoms. The second kappa shape index (κ2) is 6.89. The number of hydrogen-bond donors (Lipinski definition) is 0. The van der Waals surface area contributed by atoms with E-state index in [-0.39, 0.29) is 5.91 Å². The number of carbonyl (C=O) groups is 1. The Balaban J connectivity index is 1.89. The zero-order valence-corrected chi connectivity index (χ0v) is 14.1. The predicted molar refractivity (Wildman–Crippen MR) is 84.9 cm³/mol. The molecule has 0 saturated heterocycles. The van der Waals surface area contributed by atoms with Gasteiger partial charge in [0.1, 0.15) is 5.76 Å². The van der Waals surface area contributed by atoms with Gasteiger partial charge in [-0.2, -0.15) is 0 Å². The van der Waals surface area contributed by atoms with E-state index >= 15 is 0 Å². The molecule has 1 heterocycles. The van der Waals surface area contributed by atoms with Crippen molar-refractivity contribution in [3.63, 3.8) is 0 Å². The maximum Gasteiger partial charge on any atom is 0.222 e. The number of aromatic nitrogens is 1. The van der Waals surface area contributed by atoms with Gasteiger partial charge in [-0.3, -0.25) is 4.79 Å². The van der Waals surface area contributed by atoms with Crippen LogP contribution in [0.25, 0.3) is 0 Å². The molecule has 0 unspecified atom stereocenters. The minimum Gasteiger partial charge on any atom is -0.361 e. The Morgan fingerprint density at radius 2 is 1.95 bits per heavy atom. The van der Waals surface area contributed by atoms with Crippen molar-refractivity contribution >= 4 is 21.8 Å². The van der Waals surface area contributed by atoms with Gasteiger partial charge in [0.25, 0.3) is 0 Å². The number of carbonyl (C=O) groups excluding carboxylic acids is 1. The van der Waals surface area contributed by atoms with Gasteiger partial charge in [0.05, 0.1) is 5.69 Å². The monoisotopic (exact) mass is 350 g/mol. The van der Waals surface area contributed by atoms with Gasteiger partial charge in [-0.05, 0) is 38.0 Å². The van der Waals surface area contributed by atoms with Gasteiger partial charge < -0.3 is 9.42 Å². The van der Waals surface area contributed by atoms with E-state index in [0.29, 0.717) is 19.4 Å². The van der Waals surface area contributed by atoms with Crippen molar-refractivity contribution in [3.05, 3.63) is 51.3 Å². The van der Waals surface area contributed by atoms with Crippen LogP contribution >= 0.6 is 15.9 Å². The summed E-state index contributed by atoms with van der Waals surface area (Å²) in [6.07, 6.45) is 1.14. The van der Waals surface area contributed by atoms with Gasteiger partial charge in [0, 0.05) is 30.0 Å². The third kappa shape index (κ3) is 4.17. The van der Waals surface area contributed by atoms with E-state index in [1.54, 1.807) is 4.90 Å². The van der Waals surface area contributed by atoms with Crippen LogP contribution in [-0.2, 0) is 17.8 Å². The second-order valence-electron chi connectivity index (χ2n) is 5.18. The molecule has 2 aromatic rings. The summed E-state index contributed by atoms with van der Waals surface area (Å²) in [5.41, 5.74) is 3.03. The minimum absolute atomic E-state index is 0.123. The first kappa shape index (κ1) is 15.8. The molecule has 0 radical (unpaired) electrons. The fraction of sp³-hybridized carbons (Fsp3) is 0.375. The molecule has 0 aliphatic carbocycles. The minimum atomic E-state index is 0.123. The van der Waals surface area contributed by atoms with Gasteiger partial charge in [0.2, 0.25) is 5.91 Å². The fourth-order valence-electron chi connectivity index (χ4n) is 2.23. The van der Waals surface area contributed by atoms with Crippen molar-refractivity contribution in [2.45, 2.75) is 33.2 Å². The van der Waals surface area contributed by atoms with Crippen LogP contribution in [-0.4, -0.2) is 23.0 Å². The summed E-state index contributed by atoms with van der Waals surface area (Å²) in [7, 11) is 1.83. The number of amides is 1. The lowest BCUT2D eigenvalue weighted by Crippen LogP contribution is -2.26. The summed E-state index contributed by atoms with van der Waals surface area (Å²) in [5.74, 6) is 0.925. The van der Waals surface area contributed by atoms with Crippen molar-refractivity contribution in [3.8, 4) is 0 Å².